The number of amides is 2. The van der Waals surface area contributed by atoms with E-state index in [4.69, 9.17) is 11.0 Å². The van der Waals surface area contributed by atoms with Crippen molar-refractivity contribution in [1.82, 2.24) is 4.90 Å². The summed E-state index contributed by atoms with van der Waals surface area (Å²) in [5, 5.41) is 12.7. The molecule has 10 heteroatoms. The van der Waals surface area contributed by atoms with Gasteiger partial charge in [0.2, 0.25) is 5.91 Å². The van der Waals surface area contributed by atoms with Gasteiger partial charge < -0.3 is 15.5 Å². The fourth-order valence-electron chi connectivity index (χ4n) is 4.98. The number of benzene rings is 1. The number of hydrogen-bond acceptors (Lipinski definition) is 5. The molecule has 6 nitrogen and oxygen atoms in total. The van der Waals surface area contributed by atoms with Crippen LogP contribution in [0.1, 0.15) is 34.3 Å². The zero-order chi connectivity index (χ0) is 23.8. The molecule has 2 atom stereocenters. The Hall–Kier alpha value is -3.06. The molecule has 2 aromatic rings. The van der Waals surface area contributed by atoms with Gasteiger partial charge in [0.25, 0.3) is 5.91 Å². The lowest BCUT2D eigenvalue weighted by molar-refractivity contribution is -0.137. The first-order chi connectivity index (χ1) is 15.7. The van der Waals surface area contributed by atoms with E-state index in [-0.39, 0.29) is 24.3 Å². The van der Waals surface area contributed by atoms with Gasteiger partial charge in [0.05, 0.1) is 28.7 Å². The number of likely N-dealkylation sites (tertiary alicyclic amines) is 1. The van der Waals surface area contributed by atoms with E-state index in [0.29, 0.717) is 43.7 Å². The first-order valence-electron chi connectivity index (χ1n) is 10.7. The van der Waals surface area contributed by atoms with Crippen LogP contribution in [-0.2, 0) is 11.0 Å². The van der Waals surface area contributed by atoms with Gasteiger partial charge >= 0.3 is 6.18 Å². The number of halogens is 3. The molecule has 33 heavy (non-hydrogen) atoms. The minimum atomic E-state index is -4.65. The molecule has 3 heterocycles. The minimum absolute atomic E-state index is 0.00791. The van der Waals surface area contributed by atoms with E-state index < -0.39 is 29.1 Å². The molecule has 0 spiro atoms. The van der Waals surface area contributed by atoms with Gasteiger partial charge in [0.15, 0.2) is 0 Å². The third-order valence-electron chi connectivity index (χ3n) is 6.73. The molecule has 1 aromatic heterocycles. The second-order valence-corrected chi connectivity index (χ2v) is 9.34. The molecule has 2 saturated heterocycles. The van der Waals surface area contributed by atoms with Crippen LogP contribution in [-0.4, -0.2) is 42.9 Å². The van der Waals surface area contributed by atoms with Crippen LogP contribution in [0.2, 0.25) is 0 Å². The van der Waals surface area contributed by atoms with Crippen LogP contribution < -0.4 is 10.6 Å². The lowest BCUT2D eigenvalue weighted by Gasteiger charge is -2.36. The van der Waals surface area contributed by atoms with Crippen molar-refractivity contribution in [3.63, 3.8) is 0 Å². The molecule has 2 fully saturated rings. The Morgan fingerprint density at radius 1 is 1.15 bits per heavy atom. The third-order valence-corrected chi connectivity index (χ3v) is 7.41. The van der Waals surface area contributed by atoms with Crippen molar-refractivity contribution >= 4 is 28.8 Å². The van der Waals surface area contributed by atoms with Crippen molar-refractivity contribution in [2.75, 3.05) is 31.1 Å². The van der Waals surface area contributed by atoms with E-state index in [2.05, 4.69) is 0 Å². The van der Waals surface area contributed by atoms with Gasteiger partial charge in [-0.25, -0.2) is 0 Å². The predicted molar refractivity (Wildman–Crippen MR) is 117 cm³/mol. The van der Waals surface area contributed by atoms with Crippen LogP contribution in [0.15, 0.2) is 35.0 Å². The van der Waals surface area contributed by atoms with Gasteiger partial charge in [0, 0.05) is 37.2 Å². The zero-order valence-corrected chi connectivity index (χ0v) is 18.5. The van der Waals surface area contributed by atoms with Crippen LogP contribution in [0.25, 0.3) is 0 Å². The summed E-state index contributed by atoms with van der Waals surface area (Å²) in [6.45, 7) is 1.77. The number of anilines is 1. The molecule has 2 N–H and O–H groups in total. The number of hydrogen-bond donors (Lipinski definition) is 1. The molecule has 2 aliphatic heterocycles. The number of alkyl halides is 3. The first kappa shape index (κ1) is 23.1. The number of thiophene rings is 1. The van der Waals surface area contributed by atoms with Crippen molar-refractivity contribution in [2.24, 2.45) is 23.5 Å². The Kier molecular flexibility index (Phi) is 6.34. The van der Waals surface area contributed by atoms with Crippen LogP contribution in [0.5, 0.6) is 0 Å². The standard InChI is InChI=1S/C23H23F3N4O2S/c24-23(25,26)20-9-17(2-1-15(20)10-27)30-11-18(19(12-30)21(28)31)14-3-6-29(7-4-14)22(32)16-5-8-33-13-16/h1-2,5,8-9,13-14,18-19H,3-4,6-7,11-12H2,(H2,28,31)/t18-,19+/m0/s1. The summed E-state index contributed by atoms with van der Waals surface area (Å²) in [5.74, 6) is -0.931. The van der Waals surface area contributed by atoms with Crippen LogP contribution in [0.4, 0.5) is 18.9 Å². The Labute approximate surface area is 193 Å². The Morgan fingerprint density at radius 3 is 2.45 bits per heavy atom. The molecular formula is C23H23F3N4O2S. The SMILES string of the molecule is N#Cc1ccc(N2C[C@@H](C(N)=O)[C@H](C3CCN(C(=O)c4ccsc4)CC3)C2)cc1C(F)(F)F. The number of rotatable bonds is 4. The van der Waals surface area contributed by atoms with Crippen LogP contribution >= 0.6 is 11.3 Å². The molecule has 0 unspecified atom stereocenters. The number of piperidine rings is 1. The average Bonchev–Trinajstić information content (AvgIpc) is 3.48. The number of carbonyl (C=O) groups excluding carboxylic acids is 2. The topological polar surface area (TPSA) is 90.4 Å². The highest BCUT2D eigenvalue weighted by Crippen LogP contribution is 2.40. The van der Waals surface area contributed by atoms with Gasteiger partial charge in [-0.2, -0.15) is 29.8 Å². The van der Waals surface area contributed by atoms with Gasteiger partial charge in [-0.15, -0.1) is 0 Å². The van der Waals surface area contributed by atoms with E-state index in [1.54, 1.807) is 21.9 Å². The zero-order valence-electron chi connectivity index (χ0n) is 17.7. The van der Waals surface area contributed by atoms with Crippen molar-refractivity contribution in [2.45, 2.75) is 19.0 Å². The molecule has 2 amide bonds. The maximum absolute atomic E-state index is 13.4. The number of primary amides is 1. The quantitative estimate of drug-likeness (QED) is 0.728. The Bertz CT molecular complexity index is 1070. The van der Waals surface area contributed by atoms with Gasteiger partial charge in [0.1, 0.15) is 0 Å². The Morgan fingerprint density at radius 2 is 1.88 bits per heavy atom. The molecule has 4 rings (SSSR count). The molecule has 174 valence electrons. The number of carbonyl (C=O) groups is 2. The highest BCUT2D eigenvalue weighted by Gasteiger charge is 2.43. The molecule has 0 saturated carbocycles. The van der Waals surface area contributed by atoms with Crippen molar-refractivity contribution in [3.8, 4) is 6.07 Å². The lowest BCUT2D eigenvalue weighted by Crippen LogP contribution is -2.42. The largest absolute Gasteiger partial charge is 0.417 e. The highest BCUT2D eigenvalue weighted by atomic mass is 32.1. The van der Waals surface area contributed by atoms with E-state index >= 15 is 0 Å². The normalized spacial score (nSPS) is 21.8. The highest BCUT2D eigenvalue weighted by molar-refractivity contribution is 7.08. The molecular weight excluding hydrogens is 453 g/mol. The monoisotopic (exact) mass is 476 g/mol. The van der Waals surface area contributed by atoms with Gasteiger partial charge in [-0.3, -0.25) is 9.59 Å². The smallest absolute Gasteiger partial charge is 0.370 e. The Balaban J connectivity index is 1.49. The summed E-state index contributed by atoms with van der Waals surface area (Å²) in [6, 6.07) is 7.00. The van der Waals surface area contributed by atoms with Crippen molar-refractivity contribution in [1.29, 1.82) is 5.26 Å². The fourth-order valence-corrected chi connectivity index (χ4v) is 5.61. The molecule has 0 radical (unpaired) electrons. The van der Waals surface area contributed by atoms with E-state index in [1.807, 2.05) is 10.8 Å². The van der Waals surface area contributed by atoms with Gasteiger partial charge in [-0.05, 0) is 54.3 Å². The second-order valence-electron chi connectivity index (χ2n) is 8.56. The molecule has 1 aromatic carbocycles. The van der Waals surface area contributed by atoms with Gasteiger partial charge in [-0.1, -0.05) is 0 Å². The minimum Gasteiger partial charge on any atom is -0.370 e. The summed E-state index contributed by atoms with van der Waals surface area (Å²) in [5.41, 5.74) is 5.24. The summed E-state index contributed by atoms with van der Waals surface area (Å²) in [6.07, 6.45) is -3.23. The molecule has 0 bridgehead atoms. The summed E-state index contributed by atoms with van der Waals surface area (Å²) < 4.78 is 40.2. The molecule has 0 aliphatic carbocycles. The van der Waals surface area contributed by atoms with Crippen molar-refractivity contribution in [3.05, 3.63) is 51.7 Å². The molecule has 2 aliphatic rings. The first-order valence-corrected chi connectivity index (χ1v) is 11.6. The maximum atomic E-state index is 13.4. The van der Waals surface area contributed by atoms with E-state index in [9.17, 15) is 22.8 Å². The van der Waals surface area contributed by atoms with Crippen LogP contribution in [0.3, 0.4) is 0 Å². The van der Waals surface area contributed by atoms with Crippen LogP contribution in [0, 0.1) is 29.1 Å². The maximum Gasteiger partial charge on any atom is 0.417 e. The number of nitrogens with zero attached hydrogens (tertiary/aromatic N) is 3. The van der Waals surface area contributed by atoms with Crippen molar-refractivity contribution < 1.29 is 22.8 Å². The van der Waals surface area contributed by atoms with E-state index in [0.717, 1.165) is 6.07 Å². The third kappa shape index (κ3) is 4.69. The predicted octanol–water partition coefficient (Wildman–Crippen LogP) is 3.73. The average molecular weight is 477 g/mol. The fraction of sp³-hybridized carbons (Fsp3) is 0.435. The second kappa shape index (κ2) is 9.06. The summed E-state index contributed by atoms with van der Waals surface area (Å²) in [4.78, 5) is 28.4. The number of nitrogens with two attached hydrogens (primary N) is 1. The summed E-state index contributed by atoms with van der Waals surface area (Å²) >= 11 is 1.47. The number of nitriles is 1. The summed E-state index contributed by atoms with van der Waals surface area (Å²) in [7, 11) is 0. The van der Waals surface area contributed by atoms with E-state index in [1.165, 1.54) is 23.5 Å². The lowest BCUT2D eigenvalue weighted by atomic mass is 9.78.